The van der Waals surface area contributed by atoms with Crippen LogP contribution in [0.5, 0.6) is 5.75 Å². The Hall–Kier alpha value is -0.980. The van der Waals surface area contributed by atoms with Crippen LogP contribution in [0.1, 0.15) is 64.2 Å². The number of hydrogen-bond donors (Lipinski definition) is 0. The molecule has 0 aromatic heterocycles. The molecule has 19 heavy (non-hydrogen) atoms. The molecule has 0 aliphatic heterocycles. The van der Waals surface area contributed by atoms with Gasteiger partial charge in [0.1, 0.15) is 5.75 Å². The van der Waals surface area contributed by atoms with Crippen molar-refractivity contribution in [3.05, 3.63) is 37.3 Å². The summed E-state index contributed by atoms with van der Waals surface area (Å²) < 4.78 is 5.67. The van der Waals surface area contributed by atoms with E-state index in [4.69, 9.17) is 4.74 Å². The number of benzene rings is 1. The third kappa shape index (κ3) is 9.58. The van der Waals surface area contributed by atoms with E-state index in [1.165, 1.54) is 57.8 Å². The van der Waals surface area contributed by atoms with Gasteiger partial charge < -0.3 is 4.74 Å². The smallest absolute Gasteiger partial charge is 0.119 e. The molecule has 1 heteroatoms. The van der Waals surface area contributed by atoms with Gasteiger partial charge in [0, 0.05) is 0 Å². The predicted molar refractivity (Wildman–Crippen MR) is 83.5 cm³/mol. The minimum absolute atomic E-state index is 0.855. The van der Waals surface area contributed by atoms with Gasteiger partial charge in [0.05, 0.1) is 6.61 Å². The Bertz CT molecular complexity index is 281. The van der Waals surface area contributed by atoms with Crippen LogP contribution in [0, 0.1) is 6.92 Å². The van der Waals surface area contributed by atoms with E-state index in [-0.39, 0.29) is 0 Å². The maximum Gasteiger partial charge on any atom is 0.119 e. The second kappa shape index (κ2) is 12.1. The molecule has 0 N–H and O–H groups in total. The zero-order valence-electron chi connectivity index (χ0n) is 12.3. The monoisotopic (exact) mass is 261 g/mol. The van der Waals surface area contributed by atoms with Crippen LogP contribution in [0.25, 0.3) is 0 Å². The highest BCUT2D eigenvalue weighted by molar-refractivity contribution is 5.20. The average molecular weight is 261 g/mol. The van der Waals surface area contributed by atoms with E-state index in [0.717, 1.165) is 18.8 Å². The normalized spacial score (nSPS) is 10.6. The minimum Gasteiger partial charge on any atom is -0.494 e. The van der Waals surface area contributed by atoms with E-state index in [1.807, 2.05) is 30.3 Å². The van der Waals surface area contributed by atoms with Gasteiger partial charge in [-0.1, -0.05) is 82.9 Å². The van der Waals surface area contributed by atoms with Gasteiger partial charge in [-0.25, -0.2) is 0 Å². The quantitative estimate of drug-likeness (QED) is 0.432. The molecule has 0 aliphatic carbocycles. The fourth-order valence-electron chi connectivity index (χ4n) is 2.22. The van der Waals surface area contributed by atoms with Crippen LogP contribution in [0.15, 0.2) is 30.3 Å². The largest absolute Gasteiger partial charge is 0.494 e. The van der Waals surface area contributed by atoms with E-state index in [1.54, 1.807) is 0 Å². The number of unbranched alkanes of at least 4 members (excludes halogenated alkanes) is 9. The molecule has 0 atom stereocenters. The Morgan fingerprint density at radius 2 is 1.21 bits per heavy atom. The topological polar surface area (TPSA) is 9.23 Å². The summed E-state index contributed by atoms with van der Waals surface area (Å²) in [5, 5.41) is 0. The molecule has 0 amide bonds. The molecule has 1 aromatic rings. The molecule has 0 unspecified atom stereocenters. The summed E-state index contributed by atoms with van der Waals surface area (Å²) in [5.74, 6) is 0.993. The Kier molecular flexibility index (Phi) is 10.2. The zero-order chi connectivity index (χ0) is 13.6. The van der Waals surface area contributed by atoms with Crippen molar-refractivity contribution in [2.24, 2.45) is 0 Å². The van der Waals surface area contributed by atoms with Gasteiger partial charge in [-0.2, -0.15) is 0 Å². The molecule has 0 heterocycles. The lowest BCUT2D eigenvalue weighted by atomic mass is 10.1. The third-order valence-corrected chi connectivity index (χ3v) is 3.41. The Morgan fingerprint density at radius 3 is 1.79 bits per heavy atom. The van der Waals surface area contributed by atoms with Crippen LogP contribution >= 0.6 is 0 Å². The summed E-state index contributed by atoms with van der Waals surface area (Å²) in [5.41, 5.74) is 0. The molecule has 0 spiro atoms. The molecule has 0 aliphatic rings. The molecule has 107 valence electrons. The maximum absolute atomic E-state index is 5.67. The van der Waals surface area contributed by atoms with Crippen molar-refractivity contribution < 1.29 is 4.74 Å². The van der Waals surface area contributed by atoms with Crippen molar-refractivity contribution in [2.45, 2.75) is 64.2 Å². The lowest BCUT2D eigenvalue weighted by molar-refractivity contribution is 0.304. The van der Waals surface area contributed by atoms with Crippen LogP contribution < -0.4 is 4.74 Å². The van der Waals surface area contributed by atoms with Crippen LogP contribution in [0.2, 0.25) is 0 Å². The molecule has 1 radical (unpaired) electrons. The summed E-state index contributed by atoms with van der Waals surface area (Å²) in [6, 6.07) is 10.1. The lowest BCUT2D eigenvalue weighted by Gasteiger charge is -2.05. The first-order valence-electron chi connectivity index (χ1n) is 7.90. The fourth-order valence-corrected chi connectivity index (χ4v) is 2.22. The molecular formula is C18H29O. The van der Waals surface area contributed by atoms with Crippen molar-refractivity contribution in [2.75, 3.05) is 6.61 Å². The van der Waals surface area contributed by atoms with Crippen LogP contribution in [-0.2, 0) is 0 Å². The standard InChI is InChI=1S/C18H29O/c1-2-3-4-5-6-7-8-9-10-14-17-19-18-15-12-11-13-16-18/h11-13,15-16H,1-10,14,17H2. The van der Waals surface area contributed by atoms with E-state index < -0.39 is 0 Å². The molecule has 1 nitrogen and oxygen atoms in total. The number of rotatable bonds is 12. The summed E-state index contributed by atoms with van der Waals surface area (Å²) in [6.45, 7) is 4.73. The van der Waals surface area contributed by atoms with Gasteiger partial charge in [0.25, 0.3) is 0 Å². The SMILES string of the molecule is [CH2]CCCCCCCCCCCOc1ccccc1. The number of para-hydroxylation sites is 1. The van der Waals surface area contributed by atoms with Gasteiger partial charge in [-0.15, -0.1) is 0 Å². The van der Waals surface area contributed by atoms with Crippen molar-refractivity contribution in [1.29, 1.82) is 0 Å². The van der Waals surface area contributed by atoms with Crippen LogP contribution in [-0.4, -0.2) is 6.61 Å². The van der Waals surface area contributed by atoms with Gasteiger partial charge >= 0.3 is 0 Å². The lowest BCUT2D eigenvalue weighted by Crippen LogP contribution is -1.96. The molecule has 1 rings (SSSR count). The predicted octanol–water partition coefficient (Wildman–Crippen LogP) is 5.80. The molecule has 0 saturated carbocycles. The Labute approximate surface area is 119 Å². The summed E-state index contributed by atoms with van der Waals surface area (Å²) >= 11 is 0. The molecule has 0 fully saturated rings. The summed E-state index contributed by atoms with van der Waals surface area (Å²) in [4.78, 5) is 0. The van der Waals surface area contributed by atoms with Crippen molar-refractivity contribution >= 4 is 0 Å². The van der Waals surface area contributed by atoms with Gasteiger partial charge in [-0.05, 0) is 18.6 Å². The Morgan fingerprint density at radius 1 is 0.684 bits per heavy atom. The van der Waals surface area contributed by atoms with Crippen molar-refractivity contribution in [3.63, 3.8) is 0 Å². The maximum atomic E-state index is 5.67. The first-order valence-corrected chi connectivity index (χ1v) is 7.90. The molecule has 0 saturated heterocycles. The van der Waals surface area contributed by atoms with Gasteiger partial charge in [0.15, 0.2) is 0 Å². The Balaban J connectivity index is 1.79. The second-order valence-corrected chi connectivity index (χ2v) is 5.20. The van der Waals surface area contributed by atoms with E-state index >= 15 is 0 Å². The fraction of sp³-hybridized carbons (Fsp3) is 0.611. The first-order chi connectivity index (χ1) is 9.43. The molecule has 1 aromatic carbocycles. The van der Waals surface area contributed by atoms with E-state index in [2.05, 4.69) is 6.92 Å². The second-order valence-electron chi connectivity index (χ2n) is 5.20. The van der Waals surface area contributed by atoms with Crippen LogP contribution in [0.4, 0.5) is 0 Å². The van der Waals surface area contributed by atoms with E-state index in [9.17, 15) is 0 Å². The summed E-state index contributed by atoms with van der Waals surface area (Å²) in [6.07, 6.45) is 13.2. The van der Waals surface area contributed by atoms with E-state index in [0.29, 0.717) is 0 Å². The minimum atomic E-state index is 0.855. The van der Waals surface area contributed by atoms with Crippen molar-refractivity contribution in [3.8, 4) is 5.75 Å². The highest BCUT2D eigenvalue weighted by Gasteiger charge is 1.94. The highest BCUT2D eigenvalue weighted by atomic mass is 16.5. The van der Waals surface area contributed by atoms with Crippen molar-refractivity contribution in [1.82, 2.24) is 0 Å². The number of hydrogen-bond acceptors (Lipinski definition) is 1. The third-order valence-electron chi connectivity index (χ3n) is 3.41. The molecule has 0 bridgehead atoms. The zero-order valence-corrected chi connectivity index (χ0v) is 12.3. The van der Waals surface area contributed by atoms with Gasteiger partial charge in [0.2, 0.25) is 0 Å². The van der Waals surface area contributed by atoms with Crippen LogP contribution in [0.3, 0.4) is 0 Å². The summed E-state index contributed by atoms with van der Waals surface area (Å²) in [7, 11) is 0. The van der Waals surface area contributed by atoms with Gasteiger partial charge in [-0.3, -0.25) is 0 Å². The first kappa shape index (κ1) is 16.1. The molecular weight excluding hydrogens is 232 g/mol. The highest BCUT2D eigenvalue weighted by Crippen LogP contribution is 2.12. The number of ether oxygens (including phenoxy) is 1. The average Bonchev–Trinajstić information content (AvgIpc) is 2.46.